The predicted molar refractivity (Wildman–Crippen MR) is 131 cm³/mol. The number of hydrogen-bond acceptors (Lipinski definition) is 3. The highest BCUT2D eigenvalue weighted by Gasteiger charge is 2.13. The second kappa shape index (κ2) is 8.74. The summed E-state index contributed by atoms with van der Waals surface area (Å²) in [4.78, 5) is 14.4. The van der Waals surface area contributed by atoms with E-state index in [-0.39, 0.29) is 0 Å². The molecule has 4 aromatic carbocycles. The second-order valence-corrected chi connectivity index (χ2v) is 8.07. The van der Waals surface area contributed by atoms with Gasteiger partial charge in [0, 0.05) is 21.7 Å². The first-order valence-corrected chi connectivity index (χ1v) is 10.8. The highest BCUT2D eigenvalue weighted by Crippen LogP contribution is 2.31. The van der Waals surface area contributed by atoms with E-state index in [1.807, 2.05) is 72.8 Å². The molecule has 5 aromatic rings. The smallest absolute Gasteiger partial charge is 0.164 e. The maximum Gasteiger partial charge on any atom is 0.164 e. The molecule has 0 unspecified atom stereocenters. The number of rotatable bonds is 4. The molecule has 0 N–H and O–H groups in total. The van der Waals surface area contributed by atoms with E-state index in [0.29, 0.717) is 22.5 Å². The fourth-order valence-electron chi connectivity index (χ4n) is 3.65. The highest BCUT2D eigenvalue weighted by atomic mass is 35.5. The Hall–Kier alpha value is -3.82. The van der Waals surface area contributed by atoms with Crippen molar-refractivity contribution in [1.29, 1.82) is 0 Å². The monoisotopic (exact) mass is 433 g/mol. The molecule has 32 heavy (non-hydrogen) atoms. The number of nitrogens with zero attached hydrogens (tertiary/aromatic N) is 3. The number of hydrogen-bond donors (Lipinski definition) is 0. The lowest BCUT2D eigenvalue weighted by Gasteiger charge is -2.10. The van der Waals surface area contributed by atoms with Gasteiger partial charge in [0.05, 0.1) is 0 Å². The maximum absolute atomic E-state index is 6.53. The summed E-state index contributed by atoms with van der Waals surface area (Å²) in [6.45, 7) is 2.08. The quantitative estimate of drug-likeness (QED) is 0.294. The number of aryl methyl sites for hydroxylation is 1. The summed E-state index contributed by atoms with van der Waals surface area (Å²) < 4.78 is 0. The first-order chi connectivity index (χ1) is 15.7. The molecule has 0 fully saturated rings. The Bertz CT molecular complexity index is 1330. The third kappa shape index (κ3) is 4.29. The van der Waals surface area contributed by atoms with Gasteiger partial charge in [-0.2, -0.15) is 0 Å². The third-order valence-electron chi connectivity index (χ3n) is 5.21. The van der Waals surface area contributed by atoms with Crippen molar-refractivity contribution >= 4 is 11.6 Å². The van der Waals surface area contributed by atoms with E-state index < -0.39 is 0 Å². The van der Waals surface area contributed by atoms with Crippen molar-refractivity contribution in [2.45, 2.75) is 6.92 Å². The molecular formula is C28H20ClN3. The summed E-state index contributed by atoms with van der Waals surface area (Å²) in [7, 11) is 0. The normalized spacial score (nSPS) is 10.8. The molecule has 1 heterocycles. The van der Waals surface area contributed by atoms with Gasteiger partial charge in [-0.25, -0.2) is 15.0 Å². The molecule has 3 nitrogen and oxygen atoms in total. The average molecular weight is 434 g/mol. The first kappa shape index (κ1) is 20.1. The fraction of sp³-hybridized carbons (Fsp3) is 0.0357. The average Bonchev–Trinajstić information content (AvgIpc) is 2.84. The van der Waals surface area contributed by atoms with Gasteiger partial charge in [0.15, 0.2) is 17.5 Å². The van der Waals surface area contributed by atoms with Gasteiger partial charge >= 0.3 is 0 Å². The minimum atomic E-state index is 0.592. The zero-order valence-corrected chi connectivity index (χ0v) is 18.3. The van der Waals surface area contributed by atoms with Crippen molar-refractivity contribution in [3.63, 3.8) is 0 Å². The number of halogens is 1. The lowest BCUT2D eigenvalue weighted by Crippen LogP contribution is -2.00. The van der Waals surface area contributed by atoms with E-state index in [2.05, 4.69) is 37.3 Å². The molecule has 154 valence electrons. The maximum atomic E-state index is 6.53. The van der Waals surface area contributed by atoms with Crippen molar-refractivity contribution in [3.05, 3.63) is 114 Å². The minimum Gasteiger partial charge on any atom is -0.208 e. The Morgan fingerprint density at radius 3 is 1.53 bits per heavy atom. The van der Waals surface area contributed by atoms with Crippen LogP contribution in [0, 0.1) is 6.92 Å². The van der Waals surface area contributed by atoms with Crippen LogP contribution in [0.4, 0.5) is 0 Å². The van der Waals surface area contributed by atoms with Crippen LogP contribution in [0.15, 0.2) is 103 Å². The summed E-state index contributed by atoms with van der Waals surface area (Å²) in [5.74, 6) is 1.85. The molecule has 0 saturated carbocycles. The van der Waals surface area contributed by atoms with Crippen molar-refractivity contribution in [2.75, 3.05) is 0 Å². The molecule has 0 aliphatic heterocycles. The van der Waals surface area contributed by atoms with Crippen LogP contribution < -0.4 is 0 Å². The van der Waals surface area contributed by atoms with Gasteiger partial charge in [-0.1, -0.05) is 102 Å². The fourth-order valence-corrected chi connectivity index (χ4v) is 3.88. The van der Waals surface area contributed by atoms with Crippen LogP contribution in [0.25, 0.3) is 45.3 Å². The predicted octanol–water partition coefficient (Wildman–Crippen LogP) is 7.50. The molecule has 1 aromatic heterocycles. The molecule has 0 atom stereocenters. The van der Waals surface area contributed by atoms with Gasteiger partial charge in [-0.15, -0.1) is 0 Å². The molecule has 0 bridgehead atoms. The van der Waals surface area contributed by atoms with Gasteiger partial charge in [0.1, 0.15) is 0 Å². The molecule has 0 spiro atoms. The van der Waals surface area contributed by atoms with Crippen LogP contribution in [0.3, 0.4) is 0 Å². The summed E-state index contributed by atoms with van der Waals surface area (Å²) >= 11 is 6.53. The SMILES string of the molecule is Cc1cccc(-c2cc(Cl)cc(-c3nc(-c4ccccc4)nc(-c4ccccc4)n3)c2)c1. The first-order valence-electron chi connectivity index (χ1n) is 10.4. The summed E-state index contributed by atoms with van der Waals surface area (Å²) in [6, 6.07) is 34.2. The Labute approximate surface area is 192 Å². The van der Waals surface area contributed by atoms with Crippen LogP contribution in [-0.4, -0.2) is 15.0 Å². The molecule has 0 amide bonds. The van der Waals surface area contributed by atoms with Gasteiger partial charge < -0.3 is 0 Å². The summed E-state index contributed by atoms with van der Waals surface area (Å²) in [6.07, 6.45) is 0. The second-order valence-electron chi connectivity index (χ2n) is 7.64. The standard InChI is InChI=1S/C28H20ClN3/c1-19-9-8-14-22(15-19)23-16-24(18-25(29)17-23)28-31-26(20-10-4-2-5-11-20)30-27(32-28)21-12-6-3-7-13-21/h2-18H,1H3. The molecule has 5 rings (SSSR count). The molecule has 4 heteroatoms. The Morgan fingerprint density at radius 2 is 0.969 bits per heavy atom. The van der Waals surface area contributed by atoms with Gasteiger partial charge in [-0.3, -0.25) is 0 Å². The van der Waals surface area contributed by atoms with Gasteiger partial charge in [-0.05, 0) is 36.2 Å². The van der Waals surface area contributed by atoms with Crippen LogP contribution >= 0.6 is 11.6 Å². The zero-order valence-electron chi connectivity index (χ0n) is 17.5. The van der Waals surface area contributed by atoms with Gasteiger partial charge in [0.2, 0.25) is 0 Å². The van der Waals surface area contributed by atoms with E-state index in [1.54, 1.807) is 0 Å². The summed E-state index contributed by atoms with van der Waals surface area (Å²) in [5.41, 5.74) is 6.06. The minimum absolute atomic E-state index is 0.592. The van der Waals surface area contributed by atoms with Crippen LogP contribution in [0.2, 0.25) is 5.02 Å². The van der Waals surface area contributed by atoms with E-state index in [9.17, 15) is 0 Å². The molecule has 0 aliphatic carbocycles. The largest absolute Gasteiger partial charge is 0.208 e. The molecule has 0 saturated heterocycles. The molecular weight excluding hydrogens is 414 g/mol. The summed E-state index contributed by atoms with van der Waals surface area (Å²) in [5, 5.41) is 0.641. The Morgan fingerprint density at radius 1 is 0.469 bits per heavy atom. The third-order valence-corrected chi connectivity index (χ3v) is 5.42. The Balaban J connectivity index is 1.69. The van der Waals surface area contributed by atoms with Crippen molar-refractivity contribution in [2.24, 2.45) is 0 Å². The van der Waals surface area contributed by atoms with Crippen LogP contribution in [0.5, 0.6) is 0 Å². The van der Waals surface area contributed by atoms with Crippen molar-refractivity contribution in [3.8, 4) is 45.3 Å². The van der Waals surface area contributed by atoms with Crippen molar-refractivity contribution < 1.29 is 0 Å². The Kier molecular flexibility index (Phi) is 5.49. The van der Waals surface area contributed by atoms with E-state index in [1.165, 1.54) is 5.56 Å². The van der Waals surface area contributed by atoms with Gasteiger partial charge in [0.25, 0.3) is 0 Å². The molecule has 0 radical (unpaired) electrons. The number of benzene rings is 4. The van der Waals surface area contributed by atoms with Crippen molar-refractivity contribution in [1.82, 2.24) is 15.0 Å². The zero-order chi connectivity index (χ0) is 21.9. The van der Waals surface area contributed by atoms with Crippen LogP contribution in [0.1, 0.15) is 5.56 Å². The van der Waals surface area contributed by atoms with E-state index >= 15 is 0 Å². The molecule has 0 aliphatic rings. The lowest BCUT2D eigenvalue weighted by atomic mass is 10.0. The highest BCUT2D eigenvalue weighted by molar-refractivity contribution is 6.31. The lowest BCUT2D eigenvalue weighted by molar-refractivity contribution is 1.07. The van der Waals surface area contributed by atoms with E-state index in [4.69, 9.17) is 26.6 Å². The van der Waals surface area contributed by atoms with Crippen LogP contribution in [-0.2, 0) is 0 Å². The van der Waals surface area contributed by atoms with E-state index in [0.717, 1.165) is 27.8 Å². The topological polar surface area (TPSA) is 38.7 Å². The number of aromatic nitrogens is 3.